The number of carbonyl (C=O) groups is 1. The molecule has 7 nitrogen and oxygen atoms in total. The highest BCUT2D eigenvalue weighted by Crippen LogP contribution is 2.48. The summed E-state index contributed by atoms with van der Waals surface area (Å²) in [5.41, 5.74) is 3.78. The SMILES string of the molecule is O=C(Nc1cc(NCc2ccc(Cn3cc(Cl)ccc3=O)cc2)cnn1)C1CC1c1cccc(Cl)c1. The van der Waals surface area contributed by atoms with Crippen LogP contribution in [-0.2, 0) is 17.9 Å². The zero-order chi connectivity index (χ0) is 25.1. The minimum Gasteiger partial charge on any atom is -0.380 e. The van der Waals surface area contributed by atoms with Gasteiger partial charge in [-0.1, -0.05) is 59.6 Å². The number of nitrogens with zero attached hydrogens (tertiary/aromatic N) is 3. The van der Waals surface area contributed by atoms with Gasteiger partial charge in [0.05, 0.1) is 23.5 Å². The van der Waals surface area contributed by atoms with E-state index in [0.717, 1.165) is 28.8 Å². The molecular weight excluding hydrogens is 497 g/mol. The van der Waals surface area contributed by atoms with Crippen molar-refractivity contribution in [3.05, 3.63) is 116 Å². The molecule has 0 aliphatic heterocycles. The van der Waals surface area contributed by atoms with E-state index in [9.17, 15) is 9.59 Å². The Morgan fingerprint density at radius 3 is 2.61 bits per heavy atom. The number of rotatable bonds is 8. The summed E-state index contributed by atoms with van der Waals surface area (Å²) >= 11 is 12.1. The number of benzene rings is 2. The molecule has 4 aromatic rings. The largest absolute Gasteiger partial charge is 0.380 e. The fourth-order valence-corrected chi connectivity index (χ4v) is 4.50. The van der Waals surface area contributed by atoms with Crippen molar-refractivity contribution in [2.75, 3.05) is 10.6 Å². The van der Waals surface area contributed by atoms with Crippen LogP contribution < -0.4 is 16.2 Å². The number of nitrogens with one attached hydrogen (secondary N) is 2. The molecule has 1 aliphatic rings. The maximum absolute atomic E-state index is 12.7. The zero-order valence-corrected chi connectivity index (χ0v) is 20.7. The van der Waals surface area contributed by atoms with Gasteiger partial charge < -0.3 is 15.2 Å². The summed E-state index contributed by atoms with van der Waals surface area (Å²) in [6, 6.07) is 20.4. The molecular formula is C27H23Cl2N5O2. The van der Waals surface area contributed by atoms with Gasteiger partial charge in [-0.15, -0.1) is 5.10 Å². The van der Waals surface area contributed by atoms with Crippen LogP contribution in [0.3, 0.4) is 0 Å². The van der Waals surface area contributed by atoms with Gasteiger partial charge in [0, 0.05) is 35.8 Å². The number of aromatic nitrogens is 3. The number of anilines is 2. The van der Waals surface area contributed by atoms with Gasteiger partial charge in [-0.3, -0.25) is 9.59 Å². The van der Waals surface area contributed by atoms with Crippen molar-refractivity contribution in [3.63, 3.8) is 0 Å². The van der Waals surface area contributed by atoms with Gasteiger partial charge in [0.25, 0.3) is 5.56 Å². The molecule has 2 heterocycles. The summed E-state index contributed by atoms with van der Waals surface area (Å²) < 4.78 is 1.58. The van der Waals surface area contributed by atoms with Crippen molar-refractivity contribution in [1.82, 2.24) is 14.8 Å². The molecule has 2 atom stereocenters. The van der Waals surface area contributed by atoms with Crippen molar-refractivity contribution in [2.45, 2.75) is 25.4 Å². The van der Waals surface area contributed by atoms with Crippen molar-refractivity contribution in [1.29, 1.82) is 0 Å². The molecule has 2 unspecified atom stereocenters. The summed E-state index contributed by atoms with van der Waals surface area (Å²) in [5, 5.41) is 15.4. The highest BCUT2D eigenvalue weighted by atomic mass is 35.5. The average molecular weight is 520 g/mol. The Hall–Kier alpha value is -3.68. The van der Waals surface area contributed by atoms with Crippen LogP contribution in [0.2, 0.25) is 10.0 Å². The van der Waals surface area contributed by atoms with Crippen LogP contribution in [0.5, 0.6) is 0 Å². The molecule has 36 heavy (non-hydrogen) atoms. The van der Waals surface area contributed by atoms with E-state index < -0.39 is 0 Å². The monoisotopic (exact) mass is 519 g/mol. The Morgan fingerprint density at radius 2 is 1.81 bits per heavy atom. The first-order valence-corrected chi connectivity index (χ1v) is 12.3. The fourth-order valence-electron chi connectivity index (χ4n) is 4.12. The maximum atomic E-state index is 12.7. The van der Waals surface area contributed by atoms with Crippen LogP contribution in [0, 0.1) is 5.92 Å². The zero-order valence-electron chi connectivity index (χ0n) is 19.2. The first-order chi connectivity index (χ1) is 17.4. The van der Waals surface area contributed by atoms with Gasteiger partial charge in [-0.2, -0.15) is 5.10 Å². The third kappa shape index (κ3) is 5.93. The molecule has 1 saturated carbocycles. The fraction of sp³-hybridized carbons (Fsp3) is 0.185. The number of hydrogen-bond donors (Lipinski definition) is 2. The lowest BCUT2D eigenvalue weighted by Crippen LogP contribution is -2.18. The van der Waals surface area contributed by atoms with E-state index >= 15 is 0 Å². The second-order valence-electron chi connectivity index (χ2n) is 8.81. The lowest BCUT2D eigenvalue weighted by Gasteiger charge is -2.10. The van der Waals surface area contributed by atoms with Crippen LogP contribution in [0.1, 0.15) is 29.0 Å². The molecule has 182 valence electrons. The summed E-state index contributed by atoms with van der Waals surface area (Å²) in [4.78, 5) is 24.7. The summed E-state index contributed by atoms with van der Waals surface area (Å²) in [6.07, 6.45) is 4.04. The van der Waals surface area contributed by atoms with Gasteiger partial charge in [-0.05, 0) is 47.2 Å². The van der Waals surface area contributed by atoms with Gasteiger partial charge >= 0.3 is 0 Å². The van der Waals surface area contributed by atoms with E-state index in [2.05, 4.69) is 20.8 Å². The molecule has 0 saturated heterocycles. The normalized spacial score (nSPS) is 16.4. The Morgan fingerprint density at radius 1 is 1.00 bits per heavy atom. The van der Waals surface area contributed by atoms with Crippen LogP contribution in [0.25, 0.3) is 0 Å². The molecule has 1 aliphatic carbocycles. The lowest BCUT2D eigenvalue weighted by molar-refractivity contribution is -0.117. The van der Waals surface area contributed by atoms with E-state index in [1.54, 1.807) is 29.1 Å². The average Bonchev–Trinajstić information content (AvgIpc) is 3.68. The number of pyridine rings is 1. The third-order valence-electron chi connectivity index (χ3n) is 6.13. The Kier molecular flexibility index (Phi) is 7.02. The predicted molar refractivity (Wildman–Crippen MR) is 142 cm³/mol. The van der Waals surface area contributed by atoms with Crippen LogP contribution >= 0.6 is 23.2 Å². The van der Waals surface area contributed by atoms with Crippen molar-refractivity contribution < 1.29 is 4.79 Å². The topological polar surface area (TPSA) is 88.9 Å². The first-order valence-electron chi connectivity index (χ1n) is 11.5. The van der Waals surface area contributed by atoms with E-state index in [-0.39, 0.29) is 23.3 Å². The Labute approximate surface area is 218 Å². The summed E-state index contributed by atoms with van der Waals surface area (Å²) in [7, 11) is 0. The molecule has 1 fully saturated rings. The minimum absolute atomic E-state index is 0.0687. The van der Waals surface area contributed by atoms with Crippen LogP contribution in [0.4, 0.5) is 11.5 Å². The number of amides is 1. The smallest absolute Gasteiger partial charge is 0.250 e. The van der Waals surface area contributed by atoms with Crippen molar-refractivity contribution in [2.24, 2.45) is 5.92 Å². The highest BCUT2D eigenvalue weighted by Gasteiger charge is 2.44. The molecule has 2 aromatic carbocycles. The Balaban J connectivity index is 1.15. The first kappa shape index (κ1) is 24.0. The van der Waals surface area contributed by atoms with Gasteiger partial charge in [0.1, 0.15) is 0 Å². The predicted octanol–water partition coefficient (Wildman–Crippen LogP) is 5.35. The second kappa shape index (κ2) is 10.5. The van der Waals surface area contributed by atoms with Crippen molar-refractivity contribution >= 4 is 40.6 Å². The van der Waals surface area contributed by atoms with Gasteiger partial charge in [-0.25, -0.2) is 0 Å². The molecule has 2 aromatic heterocycles. The molecule has 0 radical (unpaired) electrons. The highest BCUT2D eigenvalue weighted by molar-refractivity contribution is 6.30. The molecule has 2 N–H and O–H groups in total. The minimum atomic E-state index is -0.0973. The van der Waals surface area contributed by atoms with E-state index in [1.807, 2.05) is 48.5 Å². The summed E-state index contributed by atoms with van der Waals surface area (Å²) in [6.45, 7) is 1.01. The van der Waals surface area contributed by atoms with E-state index in [0.29, 0.717) is 29.0 Å². The molecule has 1 amide bonds. The number of carbonyl (C=O) groups excluding carboxylic acids is 1. The van der Waals surface area contributed by atoms with E-state index in [4.69, 9.17) is 23.2 Å². The van der Waals surface area contributed by atoms with Crippen LogP contribution in [0.15, 0.2) is 83.9 Å². The quantitative estimate of drug-likeness (QED) is 0.327. The molecule has 5 rings (SSSR count). The van der Waals surface area contributed by atoms with Crippen molar-refractivity contribution in [3.8, 4) is 0 Å². The summed E-state index contributed by atoms with van der Waals surface area (Å²) in [5.74, 6) is 0.423. The Bertz CT molecular complexity index is 1460. The lowest BCUT2D eigenvalue weighted by atomic mass is 10.1. The van der Waals surface area contributed by atoms with Gasteiger partial charge in [0.2, 0.25) is 5.91 Å². The molecule has 9 heteroatoms. The second-order valence-corrected chi connectivity index (χ2v) is 9.68. The molecule has 0 bridgehead atoms. The van der Waals surface area contributed by atoms with Crippen LogP contribution in [-0.4, -0.2) is 20.7 Å². The number of halogens is 2. The van der Waals surface area contributed by atoms with E-state index in [1.165, 1.54) is 6.07 Å². The van der Waals surface area contributed by atoms with Gasteiger partial charge in [0.15, 0.2) is 5.82 Å². The molecule has 0 spiro atoms. The standard InChI is InChI=1S/C27H23Cl2N5O2/c28-20-3-1-2-19(10-20)23-12-24(23)27(36)32-25-11-22(14-31-33-25)30-13-17-4-6-18(7-5-17)15-34-16-21(29)8-9-26(34)35/h1-11,14,16,23-24H,12-13,15H2,(H2,30,32,33,36). The third-order valence-corrected chi connectivity index (χ3v) is 6.59. The maximum Gasteiger partial charge on any atom is 0.250 e. The number of hydrogen-bond acceptors (Lipinski definition) is 5.